The van der Waals surface area contributed by atoms with Gasteiger partial charge in [0.1, 0.15) is 0 Å². The van der Waals surface area contributed by atoms with Crippen molar-refractivity contribution in [2.45, 2.75) is 26.3 Å². The van der Waals surface area contributed by atoms with Crippen molar-refractivity contribution >= 4 is 10.8 Å². The highest BCUT2D eigenvalue weighted by molar-refractivity contribution is 5.86. The zero-order chi connectivity index (χ0) is 14.7. The number of hydrogen-bond acceptors (Lipinski definition) is 2. The summed E-state index contributed by atoms with van der Waals surface area (Å²) in [6, 6.07) is 16.1. The van der Waals surface area contributed by atoms with E-state index in [0.717, 1.165) is 26.2 Å². The average Bonchev–Trinajstić information content (AvgIpc) is 2.53. The number of piperazine rings is 1. The third-order valence-corrected chi connectivity index (χ3v) is 4.47. The lowest BCUT2D eigenvalue weighted by Gasteiger charge is -2.36. The lowest BCUT2D eigenvalue weighted by atomic mass is 9.91. The molecule has 0 amide bonds. The monoisotopic (exact) mass is 282 g/mol. The highest BCUT2D eigenvalue weighted by atomic mass is 15.2. The Bertz CT molecular complexity index is 580. The smallest absolute Gasteiger partial charge is 0.0357 e. The van der Waals surface area contributed by atoms with Gasteiger partial charge in [0.2, 0.25) is 0 Å². The molecule has 2 heteroatoms. The minimum absolute atomic E-state index is 0.540. The zero-order valence-corrected chi connectivity index (χ0v) is 13.2. The molecule has 0 aromatic heterocycles. The van der Waals surface area contributed by atoms with E-state index >= 15 is 0 Å². The molecule has 1 aliphatic rings. The molecule has 2 nitrogen and oxygen atoms in total. The van der Waals surface area contributed by atoms with Gasteiger partial charge in [-0.1, -0.05) is 56.3 Å². The molecule has 1 heterocycles. The lowest BCUT2D eigenvalue weighted by Crippen LogP contribution is -2.45. The normalized spacial score (nSPS) is 18.2. The molecule has 112 valence electrons. The Labute approximate surface area is 128 Å². The van der Waals surface area contributed by atoms with Crippen molar-refractivity contribution in [2.24, 2.45) is 5.92 Å². The molecule has 1 saturated heterocycles. The highest BCUT2D eigenvalue weighted by Gasteiger charge is 2.24. The number of hydrogen-bond donors (Lipinski definition) is 1. The Balaban J connectivity index is 2.00. The zero-order valence-electron chi connectivity index (χ0n) is 13.2. The molecular weight excluding hydrogens is 256 g/mol. The van der Waals surface area contributed by atoms with Gasteiger partial charge in [-0.05, 0) is 28.7 Å². The third-order valence-electron chi connectivity index (χ3n) is 4.47. The van der Waals surface area contributed by atoms with Crippen LogP contribution in [0.3, 0.4) is 0 Å². The SMILES string of the molecule is CC(C)C[C@@H](c1cccc2ccccc12)N1CCNCC1. The Morgan fingerprint density at radius 3 is 2.48 bits per heavy atom. The minimum atomic E-state index is 0.540. The van der Waals surface area contributed by atoms with Gasteiger partial charge < -0.3 is 5.32 Å². The molecule has 2 aromatic carbocycles. The maximum Gasteiger partial charge on any atom is 0.0357 e. The molecule has 1 aliphatic heterocycles. The summed E-state index contributed by atoms with van der Waals surface area (Å²) in [5.41, 5.74) is 1.50. The number of rotatable bonds is 4. The van der Waals surface area contributed by atoms with Crippen LogP contribution in [0.2, 0.25) is 0 Å². The summed E-state index contributed by atoms with van der Waals surface area (Å²) in [4.78, 5) is 2.66. The number of fused-ring (bicyclic) bond motifs is 1. The first-order valence-corrected chi connectivity index (χ1v) is 8.18. The molecule has 2 aromatic rings. The van der Waals surface area contributed by atoms with Crippen LogP contribution >= 0.6 is 0 Å². The third kappa shape index (κ3) is 3.28. The van der Waals surface area contributed by atoms with Crippen LogP contribution in [-0.4, -0.2) is 31.1 Å². The summed E-state index contributed by atoms with van der Waals surface area (Å²) in [6.45, 7) is 9.20. The predicted octanol–water partition coefficient (Wildman–Crippen LogP) is 3.83. The lowest BCUT2D eigenvalue weighted by molar-refractivity contribution is 0.155. The molecule has 1 atom stereocenters. The van der Waals surface area contributed by atoms with Gasteiger partial charge in [0, 0.05) is 32.2 Å². The summed E-state index contributed by atoms with van der Waals surface area (Å²) in [5.74, 6) is 0.712. The molecule has 0 saturated carbocycles. The average molecular weight is 282 g/mol. The van der Waals surface area contributed by atoms with Gasteiger partial charge in [-0.3, -0.25) is 4.90 Å². The van der Waals surface area contributed by atoms with Gasteiger partial charge in [0.15, 0.2) is 0 Å². The van der Waals surface area contributed by atoms with Crippen molar-refractivity contribution in [2.75, 3.05) is 26.2 Å². The van der Waals surface area contributed by atoms with Crippen LogP contribution in [0.15, 0.2) is 42.5 Å². The van der Waals surface area contributed by atoms with E-state index in [0.29, 0.717) is 12.0 Å². The molecular formula is C19H26N2. The predicted molar refractivity (Wildman–Crippen MR) is 90.6 cm³/mol. The second-order valence-electron chi connectivity index (χ2n) is 6.50. The van der Waals surface area contributed by atoms with Gasteiger partial charge in [0.25, 0.3) is 0 Å². The topological polar surface area (TPSA) is 15.3 Å². The summed E-state index contributed by atoms with van der Waals surface area (Å²) in [7, 11) is 0. The van der Waals surface area contributed by atoms with E-state index in [-0.39, 0.29) is 0 Å². The van der Waals surface area contributed by atoms with E-state index < -0.39 is 0 Å². The fraction of sp³-hybridized carbons (Fsp3) is 0.474. The fourth-order valence-corrected chi connectivity index (χ4v) is 3.45. The minimum Gasteiger partial charge on any atom is -0.314 e. The van der Waals surface area contributed by atoms with Crippen LogP contribution in [0.5, 0.6) is 0 Å². The molecule has 0 bridgehead atoms. The van der Waals surface area contributed by atoms with Crippen LogP contribution in [0.1, 0.15) is 31.9 Å². The number of nitrogens with one attached hydrogen (secondary N) is 1. The first-order valence-electron chi connectivity index (χ1n) is 8.18. The Morgan fingerprint density at radius 2 is 1.71 bits per heavy atom. The van der Waals surface area contributed by atoms with E-state index in [1.807, 2.05) is 0 Å². The van der Waals surface area contributed by atoms with E-state index in [9.17, 15) is 0 Å². The van der Waals surface area contributed by atoms with Gasteiger partial charge >= 0.3 is 0 Å². The number of nitrogens with zero attached hydrogens (tertiary/aromatic N) is 1. The molecule has 1 fully saturated rings. The molecule has 0 aliphatic carbocycles. The summed E-state index contributed by atoms with van der Waals surface area (Å²) < 4.78 is 0. The van der Waals surface area contributed by atoms with E-state index in [1.165, 1.54) is 22.8 Å². The van der Waals surface area contributed by atoms with E-state index in [2.05, 4.69) is 66.5 Å². The van der Waals surface area contributed by atoms with Crippen molar-refractivity contribution in [1.82, 2.24) is 10.2 Å². The van der Waals surface area contributed by atoms with Crippen LogP contribution in [-0.2, 0) is 0 Å². The van der Waals surface area contributed by atoms with Gasteiger partial charge in [-0.15, -0.1) is 0 Å². The van der Waals surface area contributed by atoms with Gasteiger partial charge in [-0.25, -0.2) is 0 Å². The van der Waals surface area contributed by atoms with E-state index in [1.54, 1.807) is 0 Å². The molecule has 0 spiro atoms. The standard InChI is InChI=1S/C19H26N2/c1-15(2)14-19(21-12-10-20-11-13-21)18-9-5-7-16-6-3-4-8-17(16)18/h3-9,15,19-20H,10-14H2,1-2H3/t19-/m0/s1. The molecule has 3 rings (SSSR count). The van der Waals surface area contributed by atoms with Crippen molar-refractivity contribution in [3.63, 3.8) is 0 Å². The Kier molecular flexibility index (Phi) is 4.57. The first kappa shape index (κ1) is 14.6. The quantitative estimate of drug-likeness (QED) is 0.917. The number of benzene rings is 2. The van der Waals surface area contributed by atoms with Crippen LogP contribution in [0, 0.1) is 5.92 Å². The van der Waals surface area contributed by atoms with Crippen molar-refractivity contribution < 1.29 is 0 Å². The fourth-order valence-electron chi connectivity index (χ4n) is 3.45. The maximum absolute atomic E-state index is 3.47. The largest absolute Gasteiger partial charge is 0.314 e. The Hall–Kier alpha value is -1.38. The van der Waals surface area contributed by atoms with Crippen LogP contribution in [0.25, 0.3) is 10.8 Å². The van der Waals surface area contributed by atoms with Crippen molar-refractivity contribution in [1.29, 1.82) is 0 Å². The maximum atomic E-state index is 3.47. The molecule has 0 radical (unpaired) electrons. The first-order chi connectivity index (χ1) is 10.3. The van der Waals surface area contributed by atoms with Crippen LogP contribution in [0.4, 0.5) is 0 Å². The second kappa shape index (κ2) is 6.59. The molecule has 1 N–H and O–H groups in total. The van der Waals surface area contributed by atoms with Gasteiger partial charge in [0.05, 0.1) is 0 Å². The molecule has 21 heavy (non-hydrogen) atoms. The molecule has 0 unspecified atom stereocenters. The summed E-state index contributed by atoms with van der Waals surface area (Å²) in [6.07, 6.45) is 1.23. The highest BCUT2D eigenvalue weighted by Crippen LogP contribution is 2.33. The van der Waals surface area contributed by atoms with Crippen molar-refractivity contribution in [3.8, 4) is 0 Å². The van der Waals surface area contributed by atoms with E-state index in [4.69, 9.17) is 0 Å². The second-order valence-corrected chi connectivity index (χ2v) is 6.50. The van der Waals surface area contributed by atoms with Crippen molar-refractivity contribution in [3.05, 3.63) is 48.0 Å². The van der Waals surface area contributed by atoms with Gasteiger partial charge in [-0.2, -0.15) is 0 Å². The summed E-state index contributed by atoms with van der Waals surface area (Å²) >= 11 is 0. The van der Waals surface area contributed by atoms with Crippen LogP contribution < -0.4 is 5.32 Å². The summed E-state index contributed by atoms with van der Waals surface area (Å²) in [5, 5.41) is 6.25. The Morgan fingerprint density at radius 1 is 1.00 bits per heavy atom.